The summed E-state index contributed by atoms with van der Waals surface area (Å²) in [7, 11) is 0. The number of aliphatic hydroxyl groups excluding tert-OH is 1. The summed E-state index contributed by atoms with van der Waals surface area (Å²) in [5, 5.41) is 17.3. The Bertz CT molecular complexity index is 139. The average molecular weight is 189 g/mol. The van der Waals surface area contributed by atoms with Gasteiger partial charge in [-0.1, -0.05) is 6.42 Å². The Balaban J connectivity index is 3.61. The topological polar surface area (TPSA) is 83.5 Å². The zero-order valence-electron chi connectivity index (χ0n) is 7.91. The molecule has 0 saturated carbocycles. The molecule has 78 valence electrons. The predicted octanol–water partition coefficient (Wildman–Crippen LogP) is 0.589. The third-order valence-electron chi connectivity index (χ3n) is 2.07. The van der Waals surface area contributed by atoms with E-state index < -0.39 is 5.97 Å². The molecule has 0 aromatic heterocycles. The van der Waals surface area contributed by atoms with Crippen LogP contribution in [0.1, 0.15) is 32.1 Å². The first-order valence-electron chi connectivity index (χ1n) is 4.76. The Morgan fingerprint density at radius 2 is 1.85 bits per heavy atom. The molecule has 0 aromatic carbocycles. The first-order chi connectivity index (χ1) is 6.22. The maximum Gasteiger partial charge on any atom is 0.306 e. The van der Waals surface area contributed by atoms with Gasteiger partial charge in [-0.05, 0) is 32.2 Å². The number of hydrogen-bond acceptors (Lipinski definition) is 3. The van der Waals surface area contributed by atoms with Gasteiger partial charge in [0.2, 0.25) is 0 Å². The van der Waals surface area contributed by atoms with E-state index in [1.165, 1.54) is 0 Å². The summed E-state index contributed by atoms with van der Waals surface area (Å²) >= 11 is 0. The van der Waals surface area contributed by atoms with Crippen LogP contribution in [0.3, 0.4) is 0 Å². The largest absolute Gasteiger partial charge is 0.481 e. The third-order valence-corrected chi connectivity index (χ3v) is 2.07. The van der Waals surface area contributed by atoms with Crippen molar-refractivity contribution in [3.63, 3.8) is 0 Å². The third kappa shape index (κ3) is 6.54. The zero-order chi connectivity index (χ0) is 10.1. The fourth-order valence-electron chi connectivity index (χ4n) is 1.26. The predicted molar refractivity (Wildman–Crippen MR) is 50.4 cm³/mol. The van der Waals surface area contributed by atoms with Crippen LogP contribution in [-0.4, -0.2) is 29.3 Å². The van der Waals surface area contributed by atoms with Crippen molar-refractivity contribution in [3.8, 4) is 0 Å². The molecule has 0 rings (SSSR count). The van der Waals surface area contributed by atoms with Crippen LogP contribution in [0.15, 0.2) is 0 Å². The van der Waals surface area contributed by atoms with Crippen molar-refractivity contribution in [3.05, 3.63) is 0 Å². The summed E-state index contributed by atoms with van der Waals surface area (Å²) in [4.78, 5) is 10.7. The van der Waals surface area contributed by atoms with Crippen molar-refractivity contribution >= 4 is 5.97 Å². The molecule has 4 nitrogen and oxygen atoms in total. The van der Waals surface area contributed by atoms with E-state index in [9.17, 15) is 4.79 Å². The van der Waals surface area contributed by atoms with Crippen LogP contribution in [0.4, 0.5) is 0 Å². The lowest BCUT2D eigenvalue weighted by Gasteiger charge is -2.10. The van der Waals surface area contributed by atoms with Crippen LogP contribution >= 0.6 is 0 Å². The number of unbranched alkanes of at least 4 members (excludes halogenated alkanes) is 1. The highest BCUT2D eigenvalue weighted by Gasteiger charge is 2.15. The van der Waals surface area contributed by atoms with E-state index in [0.717, 1.165) is 12.8 Å². The van der Waals surface area contributed by atoms with Gasteiger partial charge in [-0.2, -0.15) is 0 Å². The van der Waals surface area contributed by atoms with Gasteiger partial charge in [-0.15, -0.1) is 0 Å². The molecule has 0 aliphatic carbocycles. The molecular formula is C9H19NO3. The minimum absolute atomic E-state index is 0.0701. The number of carbonyl (C=O) groups is 1. The van der Waals surface area contributed by atoms with Crippen LogP contribution in [0.25, 0.3) is 0 Å². The number of aliphatic carboxylic acids is 1. The van der Waals surface area contributed by atoms with Gasteiger partial charge < -0.3 is 15.9 Å². The molecule has 1 atom stereocenters. The van der Waals surface area contributed by atoms with Crippen LogP contribution in [-0.2, 0) is 4.79 Å². The number of nitrogens with two attached hydrogens (primary N) is 1. The fourth-order valence-corrected chi connectivity index (χ4v) is 1.26. The molecule has 0 amide bonds. The van der Waals surface area contributed by atoms with Gasteiger partial charge >= 0.3 is 5.97 Å². The molecular weight excluding hydrogens is 170 g/mol. The summed E-state index contributed by atoms with van der Waals surface area (Å²) in [5.74, 6) is -1.07. The molecule has 1 unspecified atom stereocenters. The lowest BCUT2D eigenvalue weighted by atomic mass is 9.97. The molecule has 0 spiro atoms. The maximum absolute atomic E-state index is 10.7. The molecule has 4 N–H and O–H groups in total. The molecule has 4 heteroatoms. The van der Waals surface area contributed by atoms with E-state index in [0.29, 0.717) is 25.8 Å². The van der Waals surface area contributed by atoms with E-state index in [2.05, 4.69) is 0 Å². The van der Waals surface area contributed by atoms with Crippen molar-refractivity contribution in [1.29, 1.82) is 0 Å². The Labute approximate surface area is 78.7 Å². The number of hydrogen-bond donors (Lipinski definition) is 3. The first kappa shape index (κ1) is 12.4. The highest BCUT2D eigenvalue weighted by Crippen LogP contribution is 2.14. The highest BCUT2D eigenvalue weighted by molar-refractivity contribution is 5.69. The van der Waals surface area contributed by atoms with Crippen molar-refractivity contribution in [2.75, 3.05) is 13.2 Å². The van der Waals surface area contributed by atoms with Crippen LogP contribution in [0.5, 0.6) is 0 Å². The Kier molecular flexibility index (Phi) is 7.63. The number of carboxylic acid groups (broad SMARTS) is 1. The molecule has 0 aliphatic rings. The standard InChI is InChI=1S/C9H19NO3/c10-6-2-1-4-8(9(12)13)5-3-7-11/h8,11H,1-7,10H2,(H,12,13). The maximum atomic E-state index is 10.7. The quantitative estimate of drug-likeness (QED) is 0.488. The lowest BCUT2D eigenvalue weighted by Crippen LogP contribution is -2.14. The zero-order valence-corrected chi connectivity index (χ0v) is 7.91. The summed E-state index contributed by atoms with van der Waals surface area (Å²) in [5.41, 5.74) is 5.30. The van der Waals surface area contributed by atoms with Crippen molar-refractivity contribution in [2.45, 2.75) is 32.1 Å². The average Bonchev–Trinajstić information content (AvgIpc) is 2.10. The molecule has 0 aliphatic heterocycles. The SMILES string of the molecule is NCCCCC(CCCO)C(=O)O. The number of aliphatic hydroxyl groups is 1. The van der Waals surface area contributed by atoms with E-state index in [-0.39, 0.29) is 12.5 Å². The second kappa shape index (κ2) is 8.01. The normalized spacial score (nSPS) is 12.8. The Morgan fingerprint density at radius 1 is 1.23 bits per heavy atom. The van der Waals surface area contributed by atoms with Crippen molar-refractivity contribution in [1.82, 2.24) is 0 Å². The fraction of sp³-hybridized carbons (Fsp3) is 0.889. The van der Waals surface area contributed by atoms with Crippen LogP contribution in [0.2, 0.25) is 0 Å². The van der Waals surface area contributed by atoms with E-state index in [1.807, 2.05) is 0 Å². The van der Waals surface area contributed by atoms with E-state index >= 15 is 0 Å². The van der Waals surface area contributed by atoms with Gasteiger partial charge in [0.25, 0.3) is 0 Å². The Morgan fingerprint density at radius 3 is 2.31 bits per heavy atom. The summed E-state index contributed by atoms with van der Waals surface area (Å²) in [6.45, 7) is 0.688. The summed E-state index contributed by atoms with van der Waals surface area (Å²) in [6.07, 6.45) is 3.55. The molecule has 0 radical (unpaired) electrons. The molecule has 0 saturated heterocycles. The number of rotatable bonds is 8. The Hall–Kier alpha value is -0.610. The lowest BCUT2D eigenvalue weighted by molar-refractivity contribution is -0.142. The van der Waals surface area contributed by atoms with Gasteiger partial charge in [-0.3, -0.25) is 4.79 Å². The van der Waals surface area contributed by atoms with Crippen LogP contribution in [0, 0.1) is 5.92 Å². The minimum atomic E-state index is -0.759. The summed E-state index contributed by atoms with van der Waals surface area (Å²) < 4.78 is 0. The minimum Gasteiger partial charge on any atom is -0.481 e. The number of carboxylic acids is 1. The van der Waals surface area contributed by atoms with Gasteiger partial charge in [-0.25, -0.2) is 0 Å². The highest BCUT2D eigenvalue weighted by atomic mass is 16.4. The van der Waals surface area contributed by atoms with Gasteiger partial charge in [0, 0.05) is 6.61 Å². The van der Waals surface area contributed by atoms with Crippen LogP contribution < -0.4 is 5.73 Å². The second-order valence-corrected chi connectivity index (χ2v) is 3.19. The molecule has 13 heavy (non-hydrogen) atoms. The second-order valence-electron chi connectivity index (χ2n) is 3.19. The van der Waals surface area contributed by atoms with Crippen molar-refractivity contribution in [2.24, 2.45) is 11.7 Å². The van der Waals surface area contributed by atoms with Gasteiger partial charge in [0.15, 0.2) is 0 Å². The monoisotopic (exact) mass is 189 g/mol. The van der Waals surface area contributed by atoms with Gasteiger partial charge in [0.05, 0.1) is 5.92 Å². The van der Waals surface area contributed by atoms with E-state index in [4.69, 9.17) is 15.9 Å². The van der Waals surface area contributed by atoms with Gasteiger partial charge in [0.1, 0.15) is 0 Å². The molecule has 0 heterocycles. The smallest absolute Gasteiger partial charge is 0.306 e. The first-order valence-corrected chi connectivity index (χ1v) is 4.76. The van der Waals surface area contributed by atoms with Crippen molar-refractivity contribution < 1.29 is 15.0 Å². The summed E-state index contributed by atoms with van der Waals surface area (Å²) in [6, 6.07) is 0. The molecule has 0 fully saturated rings. The molecule has 0 aromatic rings. The molecule has 0 bridgehead atoms. The van der Waals surface area contributed by atoms with E-state index in [1.54, 1.807) is 0 Å².